The lowest BCUT2D eigenvalue weighted by Gasteiger charge is -2.03. The van der Waals surface area contributed by atoms with Crippen LogP contribution in [0.3, 0.4) is 0 Å². The number of nitrogens with one attached hydrogen (secondary N) is 1. The van der Waals surface area contributed by atoms with Gasteiger partial charge in [-0.2, -0.15) is 0 Å². The second-order valence-electron chi connectivity index (χ2n) is 2.80. The number of benzene rings is 1. The highest BCUT2D eigenvalue weighted by Crippen LogP contribution is 2.08. The van der Waals surface area contributed by atoms with Gasteiger partial charge in [-0.1, -0.05) is 12.6 Å². The summed E-state index contributed by atoms with van der Waals surface area (Å²) in [4.78, 5) is 10.9. The SMILES string of the molecule is C=C=CC(=O)NCc1ccc(F)cc1F. The first-order valence-electron chi connectivity index (χ1n) is 4.21. The molecule has 1 rings (SSSR count). The van der Waals surface area contributed by atoms with E-state index in [2.05, 4.69) is 17.6 Å². The summed E-state index contributed by atoms with van der Waals surface area (Å²) < 4.78 is 25.6. The Hall–Kier alpha value is -1.93. The zero-order valence-electron chi connectivity index (χ0n) is 7.89. The Kier molecular flexibility index (Phi) is 3.77. The van der Waals surface area contributed by atoms with Crippen LogP contribution in [0.25, 0.3) is 0 Å². The Morgan fingerprint density at radius 1 is 1.53 bits per heavy atom. The van der Waals surface area contributed by atoms with Crippen LogP contribution >= 0.6 is 0 Å². The van der Waals surface area contributed by atoms with E-state index in [1.54, 1.807) is 0 Å². The van der Waals surface area contributed by atoms with Crippen molar-refractivity contribution in [1.29, 1.82) is 0 Å². The van der Waals surface area contributed by atoms with Gasteiger partial charge < -0.3 is 5.32 Å². The molecule has 4 heteroatoms. The van der Waals surface area contributed by atoms with Gasteiger partial charge in [0.15, 0.2) is 0 Å². The van der Waals surface area contributed by atoms with Crippen LogP contribution in [-0.4, -0.2) is 5.91 Å². The van der Waals surface area contributed by atoms with Gasteiger partial charge >= 0.3 is 0 Å². The van der Waals surface area contributed by atoms with Crippen molar-refractivity contribution in [3.63, 3.8) is 0 Å². The normalized spacial score (nSPS) is 9.20. The maximum absolute atomic E-state index is 13.1. The van der Waals surface area contributed by atoms with E-state index in [1.165, 1.54) is 6.07 Å². The molecule has 1 aromatic rings. The van der Waals surface area contributed by atoms with E-state index in [0.29, 0.717) is 0 Å². The monoisotopic (exact) mass is 209 g/mol. The molecular weight excluding hydrogens is 200 g/mol. The molecule has 1 N–H and O–H groups in total. The number of rotatable bonds is 3. The van der Waals surface area contributed by atoms with Crippen LogP contribution in [-0.2, 0) is 11.3 Å². The first-order chi connectivity index (χ1) is 7.13. The molecule has 15 heavy (non-hydrogen) atoms. The van der Waals surface area contributed by atoms with Gasteiger partial charge in [0, 0.05) is 24.3 Å². The standard InChI is InChI=1S/C11H9F2NO/c1-2-3-11(15)14-7-8-4-5-9(12)6-10(8)13/h3-6H,1,7H2,(H,14,15). The third-order valence-electron chi connectivity index (χ3n) is 1.70. The minimum Gasteiger partial charge on any atom is -0.348 e. The molecule has 0 bridgehead atoms. The van der Waals surface area contributed by atoms with Crippen molar-refractivity contribution in [2.75, 3.05) is 0 Å². The number of carbonyl (C=O) groups is 1. The Labute approximate surface area is 85.9 Å². The highest BCUT2D eigenvalue weighted by Gasteiger charge is 2.04. The second kappa shape index (κ2) is 5.08. The van der Waals surface area contributed by atoms with Crippen molar-refractivity contribution in [2.24, 2.45) is 0 Å². The quantitative estimate of drug-likeness (QED) is 0.598. The molecule has 1 aromatic carbocycles. The molecule has 0 unspecified atom stereocenters. The van der Waals surface area contributed by atoms with Crippen LogP contribution < -0.4 is 5.32 Å². The van der Waals surface area contributed by atoms with Crippen molar-refractivity contribution in [2.45, 2.75) is 6.54 Å². The van der Waals surface area contributed by atoms with E-state index >= 15 is 0 Å². The van der Waals surface area contributed by atoms with Crippen LogP contribution in [0.2, 0.25) is 0 Å². The largest absolute Gasteiger partial charge is 0.348 e. The minimum absolute atomic E-state index is 0.00310. The summed E-state index contributed by atoms with van der Waals surface area (Å²) in [6, 6.07) is 3.18. The topological polar surface area (TPSA) is 29.1 Å². The van der Waals surface area contributed by atoms with Gasteiger partial charge in [-0.15, -0.1) is 5.73 Å². The van der Waals surface area contributed by atoms with Crippen molar-refractivity contribution in [3.05, 3.63) is 53.8 Å². The predicted molar refractivity (Wildman–Crippen MR) is 51.9 cm³/mol. The molecule has 0 saturated carbocycles. The molecule has 0 aliphatic rings. The number of hydrogen-bond acceptors (Lipinski definition) is 1. The van der Waals surface area contributed by atoms with Crippen LogP contribution in [0.5, 0.6) is 0 Å². The Morgan fingerprint density at radius 3 is 2.87 bits per heavy atom. The summed E-state index contributed by atoms with van der Waals surface area (Å²) in [5, 5.41) is 2.40. The molecule has 1 amide bonds. The van der Waals surface area contributed by atoms with Crippen LogP contribution in [0.1, 0.15) is 5.56 Å². The van der Waals surface area contributed by atoms with Crippen LogP contribution in [0.15, 0.2) is 36.6 Å². The number of halogens is 2. The summed E-state index contributed by atoms with van der Waals surface area (Å²) in [5.41, 5.74) is 2.51. The van der Waals surface area contributed by atoms with Crippen molar-refractivity contribution < 1.29 is 13.6 Å². The molecule has 0 heterocycles. The lowest BCUT2D eigenvalue weighted by molar-refractivity contribution is -0.116. The van der Waals surface area contributed by atoms with Gasteiger partial charge in [0.2, 0.25) is 0 Å². The van der Waals surface area contributed by atoms with E-state index in [-0.39, 0.29) is 12.1 Å². The molecule has 2 nitrogen and oxygen atoms in total. The minimum atomic E-state index is -0.683. The van der Waals surface area contributed by atoms with E-state index in [9.17, 15) is 13.6 Å². The molecular formula is C11H9F2NO. The van der Waals surface area contributed by atoms with Crippen LogP contribution in [0.4, 0.5) is 8.78 Å². The van der Waals surface area contributed by atoms with Crippen molar-refractivity contribution >= 4 is 5.91 Å². The molecule has 0 fully saturated rings. The Bertz CT molecular complexity index is 423. The molecule has 0 saturated heterocycles. The van der Waals surface area contributed by atoms with E-state index in [4.69, 9.17) is 0 Å². The third kappa shape index (κ3) is 3.37. The molecule has 0 aliphatic heterocycles. The smallest absolute Gasteiger partial charge is 0.251 e. The molecule has 0 aromatic heterocycles. The zero-order valence-corrected chi connectivity index (χ0v) is 7.89. The lowest BCUT2D eigenvalue weighted by atomic mass is 10.2. The molecule has 0 aliphatic carbocycles. The molecule has 0 spiro atoms. The van der Waals surface area contributed by atoms with Crippen molar-refractivity contribution in [3.8, 4) is 0 Å². The van der Waals surface area contributed by atoms with E-state index in [0.717, 1.165) is 18.2 Å². The van der Waals surface area contributed by atoms with Gasteiger partial charge in [0.1, 0.15) is 11.6 Å². The Balaban J connectivity index is 2.65. The van der Waals surface area contributed by atoms with Gasteiger partial charge in [-0.3, -0.25) is 4.79 Å². The van der Waals surface area contributed by atoms with Crippen LogP contribution in [0, 0.1) is 11.6 Å². The highest BCUT2D eigenvalue weighted by atomic mass is 19.1. The highest BCUT2D eigenvalue weighted by molar-refractivity contribution is 5.87. The maximum Gasteiger partial charge on any atom is 0.251 e. The number of hydrogen-bond donors (Lipinski definition) is 1. The number of carbonyl (C=O) groups excluding carboxylic acids is 1. The summed E-state index contributed by atoms with van der Waals surface area (Å²) in [7, 11) is 0. The van der Waals surface area contributed by atoms with Gasteiger partial charge in [-0.25, -0.2) is 8.78 Å². The fourth-order valence-electron chi connectivity index (χ4n) is 0.991. The van der Waals surface area contributed by atoms with E-state index < -0.39 is 17.5 Å². The summed E-state index contributed by atoms with van der Waals surface area (Å²) in [6.45, 7) is 3.22. The maximum atomic E-state index is 13.1. The average Bonchev–Trinajstić information content (AvgIpc) is 2.17. The van der Waals surface area contributed by atoms with Gasteiger partial charge in [0.25, 0.3) is 5.91 Å². The Morgan fingerprint density at radius 2 is 2.27 bits per heavy atom. The number of amides is 1. The molecule has 78 valence electrons. The second-order valence-corrected chi connectivity index (χ2v) is 2.80. The average molecular weight is 209 g/mol. The van der Waals surface area contributed by atoms with Crippen molar-refractivity contribution in [1.82, 2.24) is 5.32 Å². The summed E-state index contributed by atoms with van der Waals surface area (Å²) in [5.74, 6) is -1.75. The van der Waals surface area contributed by atoms with Gasteiger partial charge in [-0.05, 0) is 6.07 Å². The predicted octanol–water partition coefficient (Wildman–Crippen LogP) is 1.92. The molecule has 0 atom stereocenters. The lowest BCUT2D eigenvalue weighted by Crippen LogP contribution is -2.20. The van der Waals surface area contributed by atoms with Gasteiger partial charge in [0.05, 0.1) is 0 Å². The fraction of sp³-hybridized carbons (Fsp3) is 0.0909. The summed E-state index contributed by atoms with van der Waals surface area (Å²) in [6.07, 6.45) is 1.10. The first kappa shape index (κ1) is 11.1. The van der Waals surface area contributed by atoms with E-state index in [1.807, 2.05) is 0 Å². The zero-order chi connectivity index (χ0) is 11.3. The molecule has 0 radical (unpaired) electrons. The first-order valence-corrected chi connectivity index (χ1v) is 4.21. The third-order valence-corrected chi connectivity index (χ3v) is 1.70. The summed E-state index contributed by atoms with van der Waals surface area (Å²) >= 11 is 0. The fourth-order valence-corrected chi connectivity index (χ4v) is 0.991.